The zero-order chi connectivity index (χ0) is 11.7. The fourth-order valence-corrected chi connectivity index (χ4v) is 2.01. The number of thiazole rings is 1. The molecule has 0 aliphatic heterocycles. The summed E-state index contributed by atoms with van der Waals surface area (Å²) in [5.41, 5.74) is 4.36. The predicted molar refractivity (Wildman–Crippen MR) is 62.0 cm³/mol. The van der Waals surface area contributed by atoms with Crippen LogP contribution in [0.25, 0.3) is 0 Å². The number of aromatic nitrogens is 3. The second-order valence-corrected chi connectivity index (χ2v) is 4.58. The van der Waals surface area contributed by atoms with Gasteiger partial charge in [0.25, 0.3) is 5.56 Å². The first-order chi connectivity index (χ1) is 7.56. The van der Waals surface area contributed by atoms with Gasteiger partial charge in [0.05, 0.1) is 6.54 Å². The molecule has 84 valence electrons. The summed E-state index contributed by atoms with van der Waals surface area (Å²) in [5, 5.41) is 0.399. The number of H-pyrrole nitrogens is 1. The van der Waals surface area contributed by atoms with E-state index < -0.39 is 11.2 Å². The lowest BCUT2D eigenvalue weighted by molar-refractivity contribution is 0.728. The van der Waals surface area contributed by atoms with Crippen molar-refractivity contribution < 1.29 is 0 Å². The van der Waals surface area contributed by atoms with E-state index in [9.17, 15) is 9.59 Å². The van der Waals surface area contributed by atoms with Crippen molar-refractivity contribution in [2.24, 2.45) is 0 Å². The monoisotopic (exact) mass is 258 g/mol. The first-order valence-corrected chi connectivity index (χ1v) is 5.45. The van der Waals surface area contributed by atoms with Crippen molar-refractivity contribution >= 4 is 28.1 Å². The zero-order valence-corrected chi connectivity index (χ0v) is 9.51. The molecule has 0 unspecified atom stereocenters. The molecule has 0 spiro atoms. The van der Waals surface area contributed by atoms with E-state index in [1.165, 1.54) is 22.1 Å². The van der Waals surface area contributed by atoms with Crippen LogP contribution in [0.5, 0.6) is 0 Å². The van der Waals surface area contributed by atoms with Gasteiger partial charge in [0.1, 0.15) is 5.02 Å². The van der Waals surface area contributed by atoms with E-state index in [2.05, 4.69) is 9.97 Å². The van der Waals surface area contributed by atoms with Gasteiger partial charge < -0.3 is 5.73 Å². The average Bonchev–Trinajstić information content (AvgIpc) is 2.60. The molecule has 0 bridgehead atoms. The van der Waals surface area contributed by atoms with Crippen LogP contribution < -0.4 is 17.0 Å². The van der Waals surface area contributed by atoms with E-state index in [0.717, 1.165) is 4.88 Å². The molecule has 0 radical (unpaired) electrons. The minimum Gasteiger partial charge on any atom is -0.375 e. The number of hydrogen-bond acceptors (Lipinski definition) is 5. The smallest absolute Gasteiger partial charge is 0.328 e. The Morgan fingerprint density at radius 1 is 1.56 bits per heavy atom. The lowest BCUT2D eigenvalue weighted by atomic mass is 10.5. The number of nitrogens with zero attached hydrogens (tertiary/aromatic N) is 2. The van der Waals surface area contributed by atoms with Gasteiger partial charge in [-0.3, -0.25) is 14.3 Å². The van der Waals surface area contributed by atoms with Gasteiger partial charge in [-0.1, -0.05) is 11.6 Å². The maximum Gasteiger partial charge on any atom is 0.328 e. The fourth-order valence-electron chi connectivity index (χ4n) is 1.16. The van der Waals surface area contributed by atoms with Gasteiger partial charge in [0.2, 0.25) is 0 Å². The molecule has 0 saturated carbocycles. The molecule has 0 atom stereocenters. The molecule has 16 heavy (non-hydrogen) atoms. The second-order valence-electron chi connectivity index (χ2n) is 3.03. The SMILES string of the molecule is Nc1ncc(Cn2cc(Cl)c(=O)[nH]c2=O)s1. The highest BCUT2D eigenvalue weighted by Crippen LogP contribution is 2.14. The molecular formula is C8H7ClN4O2S. The van der Waals surface area contributed by atoms with Gasteiger partial charge in [0, 0.05) is 17.3 Å². The molecule has 2 aromatic rings. The Hall–Kier alpha value is -1.60. The van der Waals surface area contributed by atoms with Crippen LogP contribution in [0.4, 0.5) is 5.13 Å². The van der Waals surface area contributed by atoms with Crippen LogP contribution in [0.2, 0.25) is 5.02 Å². The first kappa shape index (κ1) is 10.9. The molecule has 6 nitrogen and oxygen atoms in total. The number of halogens is 1. The molecule has 2 heterocycles. The van der Waals surface area contributed by atoms with Gasteiger partial charge in [-0.05, 0) is 0 Å². The average molecular weight is 259 g/mol. The van der Waals surface area contributed by atoms with Crippen LogP contribution in [-0.2, 0) is 6.54 Å². The van der Waals surface area contributed by atoms with Gasteiger partial charge >= 0.3 is 5.69 Å². The third-order valence-corrected chi connectivity index (χ3v) is 2.95. The molecule has 0 amide bonds. The van der Waals surface area contributed by atoms with Crippen LogP contribution in [0.3, 0.4) is 0 Å². The highest BCUT2D eigenvalue weighted by molar-refractivity contribution is 7.15. The second kappa shape index (κ2) is 4.11. The van der Waals surface area contributed by atoms with Crippen molar-refractivity contribution in [1.82, 2.24) is 14.5 Å². The summed E-state index contributed by atoms with van der Waals surface area (Å²) < 4.78 is 1.29. The predicted octanol–water partition coefficient (Wildman–Crippen LogP) is 0.277. The lowest BCUT2D eigenvalue weighted by Gasteiger charge is -2.01. The Labute approximate surface area is 98.3 Å². The number of anilines is 1. The van der Waals surface area contributed by atoms with Gasteiger partial charge in [-0.25, -0.2) is 9.78 Å². The van der Waals surface area contributed by atoms with Crippen molar-refractivity contribution in [1.29, 1.82) is 0 Å². The molecular weight excluding hydrogens is 252 g/mol. The molecule has 2 rings (SSSR count). The number of nitrogens with one attached hydrogen (secondary N) is 1. The molecule has 0 fully saturated rings. The summed E-state index contributed by atoms with van der Waals surface area (Å²) >= 11 is 6.89. The zero-order valence-electron chi connectivity index (χ0n) is 7.94. The number of nitrogen functional groups attached to an aromatic ring is 1. The van der Waals surface area contributed by atoms with Gasteiger partial charge in [-0.2, -0.15) is 0 Å². The lowest BCUT2D eigenvalue weighted by Crippen LogP contribution is -2.29. The van der Waals surface area contributed by atoms with Crippen molar-refractivity contribution in [3.05, 3.63) is 43.1 Å². The van der Waals surface area contributed by atoms with Crippen LogP contribution in [0, 0.1) is 0 Å². The molecule has 3 N–H and O–H groups in total. The van der Waals surface area contributed by atoms with Crippen LogP contribution in [0.15, 0.2) is 22.0 Å². The molecule has 0 saturated heterocycles. The van der Waals surface area contributed by atoms with Gasteiger partial charge in [0.15, 0.2) is 5.13 Å². The number of nitrogens with two attached hydrogens (primary N) is 1. The molecule has 0 aliphatic rings. The van der Waals surface area contributed by atoms with Gasteiger partial charge in [-0.15, -0.1) is 11.3 Å². The van der Waals surface area contributed by atoms with Crippen molar-refractivity contribution in [2.45, 2.75) is 6.54 Å². The topological polar surface area (TPSA) is 93.8 Å². The highest BCUT2D eigenvalue weighted by Gasteiger charge is 2.05. The number of hydrogen-bond donors (Lipinski definition) is 2. The largest absolute Gasteiger partial charge is 0.375 e. The summed E-state index contributed by atoms with van der Waals surface area (Å²) in [6, 6.07) is 0. The summed E-state index contributed by atoms with van der Waals surface area (Å²) in [7, 11) is 0. The Morgan fingerprint density at radius 2 is 2.31 bits per heavy atom. The highest BCUT2D eigenvalue weighted by atomic mass is 35.5. The van der Waals surface area contributed by atoms with E-state index in [0.29, 0.717) is 5.13 Å². The van der Waals surface area contributed by atoms with E-state index in [-0.39, 0.29) is 11.6 Å². The molecule has 8 heteroatoms. The Bertz CT molecular complexity index is 629. The Balaban J connectivity index is 2.39. The van der Waals surface area contributed by atoms with Crippen LogP contribution in [0.1, 0.15) is 4.88 Å². The third kappa shape index (κ3) is 2.15. The number of aromatic amines is 1. The summed E-state index contributed by atoms with van der Waals surface area (Å²) in [5.74, 6) is 0. The summed E-state index contributed by atoms with van der Waals surface area (Å²) in [4.78, 5) is 29.2. The maximum atomic E-state index is 11.4. The standard InChI is InChI=1S/C8H7ClN4O2S/c9-5-3-13(8(15)12-6(5)14)2-4-1-11-7(10)16-4/h1,3H,2H2,(H2,10,11)(H,12,14,15). The Kier molecular flexibility index (Phi) is 2.80. The van der Waals surface area contributed by atoms with Crippen molar-refractivity contribution in [3.63, 3.8) is 0 Å². The van der Waals surface area contributed by atoms with Crippen molar-refractivity contribution in [3.8, 4) is 0 Å². The maximum absolute atomic E-state index is 11.4. The van der Waals surface area contributed by atoms with E-state index >= 15 is 0 Å². The minimum absolute atomic E-state index is 0.0305. The molecule has 0 aromatic carbocycles. The van der Waals surface area contributed by atoms with Crippen LogP contribution >= 0.6 is 22.9 Å². The van der Waals surface area contributed by atoms with E-state index in [1.807, 2.05) is 0 Å². The minimum atomic E-state index is -0.591. The quantitative estimate of drug-likeness (QED) is 0.809. The third-order valence-electron chi connectivity index (χ3n) is 1.87. The normalized spacial score (nSPS) is 10.6. The molecule has 2 aromatic heterocycles. The van der Waals surface area contributed by atoms with E-state index in [1.54, 1.807) is 6.20 Å². The number of rotatable bonds is 2. The first-order valence-electron chi connectivity index (χ1n) is 4.25. The van der Waals surface area contributed by atoms with E-state index in [4.69, 9.17) is 17.3 Å². The molecule has 0 aliphatic carbocycles. The summed E-state index contributed by atoms with van der Waals surface area (Å²) in [6.07, 6.45) is 2.87. The van der Waals surface area contributed by atoms with Crippen molar-refractivity contribution in [2.75, 3.05) is 5.73 Å². The Morgan fingerprint density at radius 3 is 2.94 bits per heavy atom. The fraction of sp³-hybridized carbons (Fsp3) is 0.125. The summed E-state index contributed by atoms with van der Waals surface area (Å²) in [6.45, 7) is 0.282. The van der Waals surface area contributed by atoms with Crippen LogP contribution in [-0.4, -0.2) is 14.5 Å².